The van der Waals surface area contributed by atoms with Crippen molar-refractivity contribution >= 4 is 0 Å². The predicted molar refractivity (Wildman–Crippen MR) is 125 cm³/mol. The van der Waals surface area contributed by atoms with Gasteiger partial charge in [-0.3, -0.25) is 0 Å². The second-order valence-corrected chi connectivity index (χ2v) is 8.58. The average Bonchev–Trinajstić information content (AvgIpc) is 3.26. The first-order chi connectivity index (χ1) is 15.6. The van der Waals surface area contributed by atoms with Crippen molar-refractivity contribution in [2.75, 3.05) is 13.2 Å². The summed E-state index contributed by atoms with van der Waals surface area (Å²) in [6.07, 6.45) is 1.09. The number of aliphatic hydroxyl groups excluding tert-OH is 2. The minimum absolute atomic E-state index is 0.0134. The number of hydrogen-bond donors (Lipinski definition) is 2. The Bertz CT molecular complexity index is 862. The molecule has 0 amide bonds. The summed E-state index contributed by atoms with van der Waals surface area (Å²) in [6.45, 7) is 2.10. The van der Waals surface area contributed by atoms with Gasteiger partial charge in [0.25, 0.3) is 0 Å². The van der Waals surface area contributed by atoms with E-state index in [0.29, 0.717) is 19.4 Å². The van der Waals surface area contributed by atoms with Gasteiger partial charge >= 0.3 is 0 Å². The van der Waals surface area contributed by atoms with E-state index in [1.54, 1.807) is 6.92 Å². The van der Waals surface area contributed by atoms with Gasteiger partial charge in [-0.15, -0.1) is 0 Å². The van der Waals surface area contributed by atoms with Gasteiger partial charge in [0, 0.05) is 13.0 Å². The van der Waals surface area contributed by atoms with Crippen LogP contribution in [0, 0.1) is 0 Å². The van der Waals surface area contributed by atoms with Crippen molar-refractivity contribution in [2.45, 2.75) is 49.6 Å². The highest BCUT2D eigenvalue weighted by Gasteiger charge is 2.45. The Morgan fingerprint density at radius 3 is 1.78 bits per heavy atom. The molecule has 1 aliphatic rings. The molecule has 0 radical (unpaired) electrons. The lowest BCUT2D eigenvalue weighted by molar-refractivity contribution is -0.142. The van der Waals surface area contributed by atoms with Crippen LogP contribution in [0.3, 0.4) is 0 Å². The zero-order chi connectivity index (χ0) is 22.4. The Balaban J connectivity index is 1.71. The van der Waals surface area contributed by atoms with E-state index in [4.69, 9.17) is 9.47 Å². The smallest absolute Gasteiger partial charge is 0.143 e. The first-order valence-corrected chi connectivity index (χ1v) is 11.4. The highest BCUT2D eigenvalue weighted by Crippen LogP contribution is 2.42. The van der Waals surface area contributed by atoms with Crippen molar-refractivity contribution in [3.8, 4) is 0 Å². The molecular weight excluding hydrogens is 400 g/mol. The molecule has 3 atom stereocenters. The molecule has 3 unspecified atom stereocenters. The summed E-state index contributed by atoms with van der Waals surface area (Å²) in [4.78, 5) is 0. The molecule has 4 rings (SSSR count). The van der Waals surface area contributed by atoms with Crippen molar-refractivity contribution in [3.05, 3.63) is 108 Å². The Morgan fingerprint density at radius 2 is 1.38 bits per heavy atom. The second-order valence-electron chi connectivity index (χ2n) is 8.58. The summed E-state index contributed by atoms with van der Waals surface area (Å²) in [5, 5.41) is 19.8. The van der Waals surface area contributed by atoms with Gasteiger partial charge in [-0.25, -0.2) is 0 Å². The Kier molecular flexibility index (Phi) is 7.07. The van der Waals surface area contributed by atoms with Crippen LogP contribution in [0.15, 0.2) is 91.0 Å². The maximum atomic E-state index is 10.3. The summed E-state index contributed by atoms with van der Waals surface area (Å²) in [6, 6.07) is 30.8. The molecule has 2 N–H and O–H groups in total. The fraction of sp³-hybridized carbons (Fsp3) is 0.357. The first-order valence-electron chi connectivity index (χ1n) is 11.4. The number of rotatable bonds is 9. The normalized spacial score (nSPS) is 22.0. The quantitative estimate of drug-likeness (QED) is 0.482. The van der Waals surface area contributed by atoms with E-state index in [1.807, 2.05) is 54.6 Å². The van der Waals surface area contributed by atoms with Gasteiger partial charge in [0.1, 0.15) is 5.60 Å². The zero-order valence-corrected chi connectivity index (χ0v) is 18.6. The largest absolute Gasteiger partial charge is 0.396 e. The minimum Gasteiger partial charge on any atom is -0.396 e. The van der Waals surface area contributed by atoms with Gasteiger partial charge in [-0.05, 0) is 36.5 Å². The van der Waals surface area contributed by atoms with Crippen LogP contribution in [-0.2, 0) is 15.1 Å². The standard InChI is InChI=1S/C28H32O4/c1-22(30)27(19-20-29)18-17-26(32-27)21-31-28(23-11-5-2-6-12-23,24-13-7-3-8-14-24)25-15-9-4-10-16-25/h2-16,22,26,29-30H,17-21H2,1H3. The molecule has 0 aromatic heterocycles. The predicted octanol–water partition coefficient (Wildman–Crippen LogP) is 4.68. The second kappa shape index (κ2) is 9.97. The Morgan fingerprint density at radius 1 is 0.906 bits per heavy atom. The highest BCUT2D eigenvalue weighted by molar-refractivity contribution is 5.47. The molecule has 4 nitrogen and oxygen atoms in total. The summed E-state index contributed by atoms with van der Waals surface area (Å²) in [5.74, 6) is 0. The SMILES string of the molecule is CC(O)C1(CCO)CCC(COC(c2ccccc2)(c2ccccc2)c2ccccc2)O1. The van der Waals surface area contributed by atoms with Crippen LogP contribution in [0.4, 0.5) is 0 Å². The molecule has 32 heavy (non-hydrogen) atoms. The number of aliphatic hydroxyl groups is 2. The molecule has 0 aliphatic carbocycles. The molecule has 4 heteroatoms. The summed E-state index contributed by atoms with van der Waals surface area (Å²) in [7, 11) is 0. The lowest BCUT2D eigenvalue weighted by atomic mass is 9.80. The third-order valence-corrected chi connectivity index (χ3v) is 6.61. The van der Waals surface area contributed by atoms with Gasteiger partial charge in [-0.2, -0.15) is 0 Å². The maximum Gasteiger partial charge on any atom is 0.143 e. The molecule has 3 aromatic rings. The van der Waals surface area contributed by atoms with Crippen molar-refractivity contribution in [1.82, 2.24) is 0 Å². The fourth-order valence-corrected chi connectivity index (χ4v) is 4.85. The number of hydrogen-bond acceptors (Lipinski definition) is 4. The molecule has 0 saturated carbocycles. The van der Waals surface area contributed by atoms with Crippen molar-refractivity contribution in [2.24, 2.45) is 0 Å². The van der Waals surface area contributed by atoms with Crippen LogP contribution >= 0.6 is 0 Å². The van der Waals surface area contributed by atoms with E-state index in [2.05, 4.69) is 36.4 Å². The van der Waals surface area contributed by atoms with E-state index in [-0.39, 0.29) is 12.7 Å². The van der Waals surface area contributed by atoms with E-state index >= 15 is 0 Å². The molecule has 0 spiro atoms. The minimum atomic E-state index is -0.791. The molecule has 1 heterocycles. The molecule has 1 fully saturated rings. The number of ether oxygens (including phenoxy) is 2. The van der Waals surface area contributed by atoms with Crippen LogP contribution in [0.5, 0.6) is 0 Å². The van der Waals surface area contributed by atoms with Gasteiger partial charge < -0.3 is 19.7 Å². The molecule has 1 saturated heterocycles. The van der Waals surface area contributed by atoms with Crippen molar-refractivity contribution in [3.63, 3.8) is 0 Å². The van der Waals surface area contributed by atoms with Crippen molar-refractivity contribution in [1.29, 1.82) is 0 Å². The zero-order valence-electron chi connectivity index (χ0n) is 18.6. The molecule has 0 bridgehead atoms. The lowest BCUT2D eigenvalue weighted by Crippen LogP contribution is -2.42. The van der Waals surface area contributed by atoms with Crippen LogP contribution in [0.2, 0.25) is 0 Å². The van der Waals surface area contributed by atoms with Crippen molar-refractivity contribution < 1.29 is 19.7 Å². The van der Waals surface area contributed by atoms with E-state index in [1.165, 1.54) is 0 Å². The van der Waals surface area contributed by atoms with E-state index in [0.717, 1.165) is 23.1 Å². The summed E-state index contributed by atoms with van der Waals surface area (Å²) in [5.41, 5.74) is 1.64. The maximum absolute atomic E-state index is 10.3. The van der Waals surface area contributed by atoms with E-state index < -0.39 is 17.3 Å². The molecule has 1 aliphatic heterocycles. The highest BCUT2D eigenvalue weighted by atomic mass is 16.6. The number of benzene rings is 3. The van der Waals surface area contributed by atoms with Crippen LogP contribution < -0.4 is 0 Å². The molecule has 168 valence electrons. The summed E-state index contributed by atoms with van der Waals surface area (Å²) < 4.78 is 13.2. The molecule has 3 aromatic carbocycles. The van der Waals surface area contributed by atoms with E-state index in [9.17, 15) is 10.2 Å². The fourth-order valence-electron chi connectivity index (χ4n) is 4.85. The third-order valence-electron chi connectivity index (χ3n) is 6.61. The van der Waals surface area contributed by atoms with Crippen LogP contribution in [0.1, 0.15) is 42.9 Å². The van der Waals surface area contributed by atoms with Gasteiger partial charge in [-0.1, -0.05) is 91.0 Å². The lowest BCUT2D eigenvalue weighted by Gasteiger charge is -2.37. The topological polar surface area (TPSA) is 58.9 Å². The van der Waals surface area contributed by atoms with Gasteiger partial charge in [0.2, 0.25) is 0 Å². The first kappa shape index (κ1) is 22.7. The van der Waals surface area contributed by atoms with Gasteiger partial charge in [0.05, 0.1) is 24.4 Å². The Hall–Kier alpha value is -2.50. The Labute approximate surface area is 190 Å². The summed E-state index contributed by atoms with van der Waals surface area (Å²) >= 11 is 0. The van der Waals surface area contributed by atoms with Crippen LogP contribution in [0.25, 0.3) is 0 Å². The monoisotopic (exact) mass is 432 g/mol. The van der Waals surface area contributed by atoms with Crippen LogP contribution in [-0.4, -0.2) is 41.2 Å². The third kappa shape index (κ3) is 4.37. The molecular formula is C28H32O4. The van der Waals surface area contributed by atoms with Gasteiger partial charge in [0.15, 0.2) is 0 Å². The average molecular weight is 433 g/mol.